The fourth-order valence-electron chi connectivity index (χ4n) is 2.87. The maximum absolute atomic E-state index is 6.16. The van der Waals surface area contributed by atoms with E-state index in [4.69, 9.17) is 9.47 Å². The summed E-state index contributed by atoms with van der Waals surface area (Å²) in [6.07, 6.45) is 7.41. The molecule has 1 saturated carbocycles. The Morgan fingerprint density at radius 1 is 1.11 bits per heavy atom. The molecule has 0 aromatic carbocycles. The fraction of sp³-hybridized carbons (Fsp3) is 1.00. The number of ether oxygens (including phenoxy) is 2. The molecule has 108 valence electrons. The van der Waals surface area contributed by atoms with Crippen molar-refractivity contribution in [3.63, 3.8) is 0 Å². The molecule has 1 aliphatic carbocycles. The van der Waals surface area contributed by atoms with Crippen LogP contribution in [0.4, 0.5) is 0 Å². The van der Waals surface area contributed by atoms with E-state index in [0.717, 1.165) is 38.7 Å². The first-order chi connectivity index (χ1) is 8.76. The van der Waals surface area contributed by atoms with Crippen LogP contribution in [-0.4, -0.2) is 39.0 Å². The van der Waals surface area contributed by atoms with Gasteiger partial charge < -0.3 is 14.8 Å². The topological polar surface area (TPSA) is 30.5 Å². The van der Waals surface area contributed by atoms with Gasteiger partial charge in [0.2, 0.25) is 0 Å². The molecule has 18 heavy (non-hydrogen) atoms. The van der Waals surface area contributed by atoms with Gasteiger partial charge >= 0.3 is 0 Å². The zero-order valence-electron chi connectivity index (χ0n) is 12.5. The second-order valence-corrected chi connectivity index (χ2v) is 5.53. The number of likely N-dealkylation sites (N-methyl/N-ethyl adjacent to an activating group) is 1. The van der Waals surface area contributed by atoms with Gasteiger partial charge in [0.15, 0.2) is 0 Å². The Bertz CT molecular complexity index is 201. The molecule has 0 amide bonds. The minimum atomic E-state index is 0.0655. The van der Waals surface area contributed by atoms with Gasteiger partial charge in [0, 0.05) is 13.2 Å². The summed E-state index contributed by atoms with van der Waals surface area (Å²) in [6.45, 7) is 7.72. The molecule has 0 aromatic rings. The second-order valence-electron chi connectivity index (χ2n) is 5.53. The SMILES string of the molecule is CCCOCCOC1(CNC)CCC(CC)CC1. The number of hydrogen-bond donors (Lipinski definition) is 1. The van der Waals surface area contributed by atoms with Crippen LogP contribution >= 0.6 is 0 Å². The third-order valence-corrected chi connectivity index (χ3v) is 4.08. The Balaban J connectivity index is 2.30. The first-order valence-electron chi connectivity index (χ1n) is 7.62. The Labute approximate surface area is 113 Å². The molecule has 1 aliphatic rings. The molecular formula is C15H31NO2. The summed E-state index contributed by atoms with van der Waals surface area (Å²) in [5, 5.41) is 3.30. The predicted octanol–water partition coefficient (Wildman–Crippen LogP) is 2.99. The fourth-order valence-corrected chi connectivity index (χ4v) is 2.87. The molecule has 1 rings (SSSR count). The predicted molar refractivity (Wildman–Crippen MR) is 76.0 cm³/mol. The largest absolute Gasteiger partial charge is 0.379 e. The van der Waals surface area contributed by atoms with Gasteiger partial charge in [0.05, 0.1) is 18.8 Å². The van der Waals surface area contributed by atoms with Crippen molar-refractivity contribution in [1.29, 1.82) is 0 Å². The molecule has 0 aromatic heterocycles. The highest BCUT2D eigenvalue weighted by atomic mass is 16.5. The summed E-state index contributed by atoms with van der Waals surface area (Å²) in [6, 6.07) is 0. The summed E-state index contributed by atoms with van der Waals surface area (Å²) in [7, 11) is 2.02. The quantitative estimate of drug-likeness (QED) is 0.644. The van der Waals surface area contributed by atoms with E-state index < -0.39 is 0 Å². The summed E-state index contributed by atoms with van der Waals surface area (Å²) in [5.41, 5.74) is 0.0655. The molecule has 0 spiro atoms. The number of nitrogens with one attached hydrogen (secondary N) is 1. The lowest BCUT2D eigenvalue weighted by atomic mass is 9.77. The highest BCUT2D eigenvalue weighted by Crippen LogP contribution is 2.35. The highest BCUT2D eigenvalue weighted by molar-refractivity contribution is 4.88. The van der Waals surface area contributed by atoms with E-state index in [9.17, 15) is 0 Å². The van der Waals surface area contributed by atoms with E-state index >= 15 is 0 Å². The second kappa shape index (κ2) is 8.89. The van der Waals surface area contributed by atoms with E-state index in [1.807, 2.05) is 7.05 Å². The molecule has 0 bridgehead atoms. The normalized spacial score (nSPS) is 28.5. The van der Waals surface area contributed by atoms with Gasteiger partial charge in [-0.15, -0.1) is 0 Å². The molecular weight excluding hydrogens is 226 g/mol. The van der Waals surface area contributed by atoms with Crippen LogP contribution in [0.5, 0.6) is 0 Å². The van der Waals surface area contributed by atoms with Crippen LogP contribution in [0.3, 0.4) is 0 Å². The average Bonchev–Trinajstić information content (AvgIpc) is 2.40. The molecule has 1 fully saturated rings. The van der Waals surface area contributed by atoms with Crippen LogP contribution in [0.2, 0.25) is 0 Å². The molecule has 0 atom stereocenters. The maximum atomic E-state index is 6.16. The molecule has 3 nitrogen and oxygen atoms in total. The maximum Gasteiger partial charge on any atom is 0.0807 e. The van der Waals surface area contributed by atoms with E-state index in [2.05, 4.69) is 19.2 Å². The van der Waals surface area contributed by atoms with Crippen molar-refractivity contribution in [2.45, 2.75) is 58.0 Å². The highest BCUT2D eigenvalue weighted by Gasteiger charge is 2.35. The number of hydrogen-bond acceptors (Lipinski definition) is 3. The zero-order valence-corrected chi connectivity index (χ0v) is 12.5. The van der Waals surface area contributed by atoms with Crippen molar-refractivity contribution in [2.75, 3.05) is 33.4 Å². The molecule has 1 N–H and O–H groups in total. The van der Waals surface area contributed by atoms with Gasteiger partial charge in [-0.2, -0.15) is 0 Å². The Hall–Kier alpha value is -0.120. The lowest BCUT2D eigenvalue weighted by Gasteiger charge is -2.40. The van der Waals surface area contributed by atoms with Gasteiger partial charge in [0.1, 0.15) is 0 Å². The van der Waals surface area contributed by atoms with Gasteiger partial charge in [-0.05, 0) is 45.1 Å². The van der Waals surface area contributed by atoms with E-state index in [1.54, 1.807) is 0 Å². The Kier molecular flexibility index (Phi) is 7.87. The van der Waals surface area contributed by atoms with Crippen molar-refractivity contribution >= 4 is 0 Å². The van der Waals surface area contributed by atoms with Crippen molar-refractivity contribution < 1.29 is 9.47 Å². The van der Waals surface area contributed by atoms with Crippen LogP contribution in [0, 0.1) is 5.92 Å². The summed E-state index contributed by atoms with van der Waals surface area (Å²) in [5.74, 6) is 0.912. The summed E-state index contributed by atoms with van der Waals surface area (Å²) < 4.78 is 11.7. The van der Waals surface area contributed by atoms with Crippen molar-refractivity contribution in [3.8, 4) is 0 Å². The first-order valence-corrected chi connectivity index (χ1v) is 7.62. The molecule has 0 aliphatic heterocycles. The summed E-state index contributed by atoms with van der Waals surface area (Å²) in [4.78, 5) is 0. The van der Waals surface area contributed by atoms with Crippen molar-refractivity contribution in [2.24, 2.45) is 5.92 Å². The molecule has 3 heteroatoms. The number of rotatable bonds is 9. The van der Waals surface area contributed by atoms with Crippen LogP contribution in [0.15, 0.2) is 0 Å². The van der Waals surface area contributed by atoms with Crippen molar-refractivity contribution in [1.82, 2.24) is 5.32 Å². The monoisotopic (exact) mass is 257 g/mol. The average molecular weight is 257 g/mol. The van der Waals surface area contributed by atoms with Crippen LogP contribution in [0.1, 0.15) is 52.4 Å². The molecule has 0 heterocycles. The third kappa shape index (κ3) is 5.25. The molecule has 0 radical (unpaired) electrons. The van der Waals surface area contributed by atoms with E-state index in [1.165, 1.54) is 32.1 Å². The Morgan fingerprint density at radius 3 is 2.39 bits per heavy atom. The minimum Gasteiger partial charge on any atom is -0.379 e. The third-order valence-electron chi connectivity index (χ3n) is 4.08. The van der Waals surface area contributed by atoms with Crippen LogP contribution < -0.4 is 5.32 Å². The van der Waals surface area contributed by atoms with Gasteiger partial charge in [-0.25, -0.2) is 0 Å². The van der Waals surface area contributed by atoms with Crippen molar-refractivity contribution in [3.05, 3.63) is 0 Å². The lowest BCUT2D eigenvalue weighted by Crippen LogP contribution is -2.45. The minimum absolute atomic E-state index is 0.0655. The van der Waals surface area contributed by atoms with Crippen LogP contribution in [-0.2, 0) is 9.47 Å². The van der Waals surface area contributed by atoms with E-state index in [0.29, 0.717) is 0 Å². The summed E-state index contributed by atoms with van der Waals surface area (Å²) >= 11 is 0. The standard InChI is InChI=1S/C15H31NO2/c1-4-10-17-11-12-18-15(13-16-3)8-6-14(5-2)7-9-15/h14,16H,4-13H2,1-3H3. The first kappa shape index (κ1) is 15.9. The lowest BCUT2D eigenvalue weighted by molar-refractivity contribution is -0.0919. The zero-order chi connectivity index (χ0) is 13.3. The molecule has 0 saturated heterocycles. The van der Waals surface area contributed by atoms with Gasteiger partial charge in [-0.1, -0.05) is 20.3 Å². The smallest absolute Gasteiger partial charge is 0.0807 e. The van der Waals surface area contributed by atoms with E-state index in [-0.39, 0.29) is 5.60 Å². The molecule has 0 unspecified atom stereocenters. The van der Waals surface area contributed by atoms with Gasteiger partial charge in [0.25, 0.3) is 0 Å². The van der Waals surface area contributed by atoms with Gasteiger partial charge in [-0.3, -0.25) is 0 Å². The van der Waals surface area contributed by atoms with Crippen LogP contribution in [0.25, 0.3) is 0 Å². The Morgan fingerprint density at radius 2 is 1.83 bits per heavy atom.